The summed E-state index contributed by atoms with van der Waals surface area (Å²) in [6.07, 6.45) is 0. The zero-order chi connectivity index (χ0) is 10.9. The van der Waals surface area contributed by atoms with Crippen molar-refractivity contribution < 1.29 is 4.74 Å². The van der Waals surface area contributed by atoms with Gasteiger partial charge >= 0.3 is 0 Å². The van der Waals surface area contributed by atoms with Crippen LogP contribution in [-0.4, -0.2) is 7.11 Å². The molecule has 0 radical (unpaired) electrons. The zero-order valence-electron chi connectivity index (χ0n) is 10.1. The van der Waals surface area contributed by atoms with Crippen molar-refractivity contribution in [3.63, 3.8) is 0 Å². The van der Waals surface area contributed by atoms with Gasteiger partial charge in [-0.1, -0.05) is 26.8 Å². The second-order valence-corrected chi connectivity index (χ2v) is 4.91. The Labute approximate surface area is 87.1 Å². The Balaban J connectivity index is 3.40. The van der Waals surface area contributed by atoms with Gasteiger partial charge in [0.1, 0.15) is 5.75 Å². The molecule has 0 aromatic heterocycles. The van der Waals surface area contributed by atoms with Crippen LogP contribution < -0.4 is 4.74 Å². The van der Waals surface area contributed by atoms with E-state index in [4.69, 9.17) is 4.74 Å². The molecule has 1 heteroatoms. The van der Waals surface area contributed by atoms with Gasteiger partial charge in [-0.25, -0.2) is 0 Å². The van der Waals surface area contributed by atoms with Crippen molar-refractivity contribution >= 4 is 0 Å². The normalized spacial score (nSPS) is 11.6. The van der Waals surface area contributed by atoms with Crippen molar-refractivity contribution in [3.8, 4) is 5.75 Å². The molecule has 0 saturated carbocycles. The van der Waals surface area contributed by atoms with Crippen LogP contribution in [0.3, 0.4) is 0 Å². The highest BCUT2D eigenvalue weighted by atomic mass is 16.5. The molecule has 0 aliphatic carbocycles. The molecule has 0 atom stereocenters. The Morgan fingerprint density at radius 2 is 1.64 bits per heavy atom. The van der Waals surface area contributed by atoms with Gasteiger partial charge in [0.15, 0.2) is 0 Å². The Kier molecular flexibility index (Phi) is 2.89. The van der Waals surface area contributed by atoms with Crippen LogP contribution in [0, 0.1) is 13.8 Å². The predicted molar refractivity (Wildman–Crippen MR) is 61.2 cm³/mol. The van der Waals surface area contributed by atoms with Crippen LogP contribution in [0.15, 0.2) is 12.1 Å². The monoisotopic (exact) mass is 192 g/mol. The van der Waals surface area contributed by atoms with Crippen LogP contribution in [0.5, 0.6) is 5.75 Å². The molecule has 1 nitrogen and oxygen atoms in total. The summed E-state index contributed by atoms with van der Waals surface area (Å²) in [5, 5.41) is 0. The van der Waals surface area contributed by atoms with E-state index in [1.54, 1.807) is 7.11 Å². The Bertz CT molecular complexity index is 332. The molecule has 0 saturated heterocycles. The maximum atomic E-state index is 5.43. The SMILES string of the molecule is COc1cc(C)cc(C)c1C(C)(C)C. The van der Waals surface area contributed by atoms with Gasteiger partial charge in [-0.05, 0) is 36.5 Å². The topological polar surface area (TPSA) is 9.23 Å². The number of methoxy groups -OCH3 is 1. The van der Waals surface area contributed by atoms with Crippen molar-refractivity contribution in [3.05, 3.63) is 28.8 Å². The third-order valence-electron chi connectivity index (χ3n) is 2.41. The van der Waals surface area contributed by atoms with E-state index in [1.807, 2.05) is 0 Å². The van der Waals surface area contributed by atoms with E-state index in [2.05, 4.69) is 46.8 Å². The summed E-state index contributed by atoms with van der Waals surface area (Å²) in [4.78, 5) is 0. The molecule has 0 heterocycles. The first-order chi connectivity index (χ1) is 6.36. The first-order valence-corrected chi connectivity index (χ1v) is 5.02. The summed E-state index contributed by atoms with van der Waals surface area (Å²) in [6.45, 7) is 10.9. The van der Waals surface area contributed by atoms with E-state index < -0.39 is 0 Å². The minimum absolute atomic E-state index is 0.142. The van der Waals surface area contributed by atoms with Gasteiger partial charge in [-0.2, -0.15) is 0 Å². The summed E-state index contributed by atoms with van der Waals surface area (Å²) in [5.41, 5.74) is 4.02. The molecule has 0 N–H and O–H groups in total. The second kappa shape index (κ2) is 3.64. The van der Waals surface area contributed by atoms with Crippen LogP contribution in [0.4, 0.5) is 0 Å². The molecule has 0 spiro atoms. The predicted octanol–water partition coefficient (Wildman–Crippen LogP) is 3.61. The maximum Gasteiger partial charge on any atom is 0.123 e. The number of benzene rings is 1. The van der Waals surface area contributed by atoms with Crippen molar-refractivity contribution in [2.75, 3.05) is 7.11 Å². The number of hydrogen-bond donors (Lipinski definition) is 0. The Morgan fingerprint density at radius 1 is 1.07 bits per heavy atom. The fourth-order valence-electron chi connectivity index (χ4n) is 2.05. The smallest absolute Gasteiger partial charge is 0.123 e. The van der Waals surface area contributed by atoms with Gasteiger partial charge < -0.3 is 4.74 Å². The average molecular weight is 192 g/mol. The van der Waals surface area contributed by atoms with Gasteiger partial charge in [-0.15, -0.1) is 0 Å². The molecule has 1 rings (SSSR count). The number of aryl methyl sites for hydroxylation is 2. The molecule has 0 aliphatic heterocycles. The van der Waals surface area contributed by atoms with Crippen molar-refractivity contribution in [1.29, 1.82) is 0 Å². The lowest BCUT2D eigenvalue weighted by Crippen LogP contribution is -2.15. The molecule has 14 heavy (non-hydrogen) atoms. The second-order valence-electron chi connectivity index (χ2n) is 4.91. The summed E-state index contributed by atoms with van der Waals surface area (Å²) >= 11 is 0. The van der Waals surface area contributed by atoms with Gasteiger partial charge in [0.25, 0.3) is 0 Å². The standard InChI is InChI=1S/C13H20O/c1-9-7-10(2)12(13(3,4)5)11(8-9)14-6/h7-8H,1-6H3. The van der Waals surface area contributed by atoms with E-state index in [1.165, 1.54) is 16.7 Å². The molecule has 0 bridgehead atoms. The fraction of sp³-hybridized carbons (Fsp3) is 0.538. The fourth-order valence-corrected chi connectivity index (χ4v) is 2.05. The van der Waals surface area contributed by atoms with E-state index in [9.17, 15) is 0 Å². The lowest BCUT2D eigenvalue weighted by Gasteiger charge is -2.24. The summed E-state index contributed by atoms with van der Waals surface area (Å²) in [7, 11) is 1.74. The summed E-state index contributed by atoms with van der Waals surface area (Å²) in [5.74, 6) is 1.01. The summed E-state index contributed by atoms with van der Waals surface area (Å²) in [6, 6.07) is 4.32. The van der Waals surface area contributed by atoms with Crippen molar-refractivity contribution in [1.82, 2.24) is 0 Å². The zero-order valence-corrected chi connectivity index (χ0v) is 10.1. The van der Waals surface area contributed by atoms with Crippen LogP contribution in [0.25, 0.3) is 0 Å². The van der Waals surface area contributed by atoms with Gasteiger partial charge in [0.05, 0.1) is 7.11 Å². The minimum Gasteiger partial charge on any atom is -0.496 e. The maximum absolute atomic E-state index is 5.43. The van der Waals surface area contributed by atoms with E-state index in [0.29, 0.717) is 0 Å². The number of rotatable bonds is 1. The molecular weight excluding hydrogens is 172 g/mol. The van der Waals surface area contributed by atoms with E-state index in [-0.39, 0.29) is 5.41 Å². The largest absolute Gasteiger partial charge is 0.496 e. The van der Waals surface area contributed by atoms with E-state index in [0.717, 1.165) is 5.75 Å². The Hall–Kier alpha value is -0.980. The highest BCUT2D eigenvalue weighted by Gasteiger charge is 2.21. The lowest BCUT2D eigenvalue weighted by atomic mass is 9.83. The highest BCUT2D eigenvalue weighted by molar-refractivity contribution is 5.46. The minimum atomic E-state index is 0.142. The van der Waals surface area contributed by atoms with Gasteiger partial charge in [0.2, 0.25) is 0 Å². The number of hydrogen-bond acceptors (Lipinski definition) is 1. The molecule has 1 aromatic rings. The molecule has 0 amide bonds. The third kappa shape index (κ3) is 2.09. The summed E-state index contributed by atoms with van der Waals surface area (Å²) < 4.78 is 5.43. The average Bonchev–Trinajstić information content (AvgIpc) is 1.99. The van der Waals surface area contributed by atoms with Crippen LogP contribution in [-0.2, 0) is 5.41 Å². The first-order valence-electron chi connectivity index (χ1n) is 5.02. The molecule has 0 fully saturated rings. The highest BCUT2D eigenvalue weighted by Crippen LogP contribution is 2.34. The van der Waals surface area contributed by atoms with Gasteiger partial charge in [0, 0.05) is 5.56 Å². The van der Waals surface area contributed by atoms with Crippen LogP contribution in [0.1, 0.15) is 37.5 Å². The molecule has 0 aliphatic rings. The lowest BCUT2D eigenvalue weighted by molar-refractivity contribution is 0.396. The van der Waals surface area contributed by atoms with Gasteiger partial charge in [-0.3, -0.25) is 0 Å². The van der Waals surface area contributed by atoms with Crippen molar-refractivity contribution in [2.24, 2.45) is 0 Å². The molecule has 0 unspecified atom stereocenters. The Morgan fingerprint density at radius 3 is 2.07 bits per heavy atom. The molecular formula is C13H20O. The number of ether oxygens (including phenoxy) is 1. The van der Waals surface area contributed by atoms with Crippen molar-refractivity contribution in [2.45, 2.75) is 40.0 Å². The molecule has 1 aromatic carbocycles. The quantitative estimate of drug-likeness (QED) is 0.660. The molecule has 78 valence electrons. The van der Waals surface area contributed by atoms with E-state index >= 15 is 0 Å². The first kappa shape index (κ1) is 11.1. The van der Waals surface area contributed by atoms with Crippen LogP contribution >= 0.6 is 0 Å². The third-order valence-corrected chi connectivity index (χ3v) is 2.41. The van der Waals surface area contributed by atoms with Crippen LogP contribution in [0.2, 0.25) is 0 Å².